The van der Waals surface area contributed by atoms with Gasteiger partial charge >= 0.3 is 0 Å². The second-order valence-corrected chi connectivity index (χ2v) is 20.2. The number of aliphatic hydroxyl groups excluding tert-OH is 1. The van der Waals surface area contributed by atoms with Gasteiger partial charge in [0.2, 0.25) is 0 Å². The Morgan fingerprint density at radius 3 is 2.43 bits per heavy atom. The minimum atomic E-state index is -1.33. The summed E-state index contributed by atoms with van der Waals surface area (Å²) in [5, 5.41) is 26.2. The van der Waals surface area contributed by atoms with Crippen molar-refractivity contribution in [3.05, 3.63) is 96.1 Å². The number of hydrogen-bond donors (Lipinski definition) is 3. The fraction of sp³-hybridized carbons (Fsp3) is 0.333. The molecule has 5 rings (SSSR count). The highest BCUT2D eigenvalue weighted by atomic mass is 32.1. The van der Waals surface area contributed by atoms with E-state index in [1.165, 1.54) is 12.3 Å². The predicted molar refractivity (Wildman–Crippen MR) is 209 cm³/mol. The lowest BCUT2D eigenvalue weighted by Gasteiger charge is -2.17. The number of fused-ring (bicyclic) bond motifs is 1. The van der Waals surface area contributed by atoms with Crippen molar-refractivity contribution < 1.29 is 28.1 Å². The van der Waals surface area contributed by atoms with Crippen LogP contribution in [0.4, 0.5) is 14.5 Å². The first-order valence-corrected chi connectivity index (χ1v) is 21.4. The SMILES string of the molecule is CC(C)Oc1ccc(-c2cn(COCC[Si](C)(C)C)c3nccc(Oc4c(F)cc(NC(=S)NC[C@H](CO)Cc5ccncc5)cc4F)c23)cc1C#N. The van der Waals surface area contributed by atoms with Crippen molar-refractivity contribution in [2.75, 3.05) is 25.1 Å². The molecule has 10 nitrogen and oxygen atoms in total. The molecule has 14 heteroatoms. The highest BCUT2D eigenvalue weighted by Crippen LogP contribution is 2.41. The summed E-state index contributed by atoms with van der Waals surface area (Å²) in [5.74, 6) is -2.06. The predicted octanol–water partition coefficient (Wildman–Crippen LogP) is 8.28. The van der Waals surface area contributed by atoms with Gasteiger partial charge in [0.05, 0.1) is 17.1 Å². The second kappa shape index (κ2) is 17.7. The molecule has 278 valence electrons. The molecule has 0 radical (unpaired) electrons. The van der Waals surface area contributed by atoms with Crippen LogP contribution in [0.15, 0.2) is 73.3 Å². The molecule has 0 bridgehead atoms. The van der Waals surface area contributed by atoms with Crippen molar-refractivity contribution in [2.45, 2.75) is 58.8 Å². The highest BCUT2D eigenvalue weighted by Gasteiger charge is 2.22. The van der Waals surface area contributed by atoms with Crippen LogP contribution >= 0.6 is 12.2 Å². The molecule has 0 aliphatic carbocycles. The summed E-state index contributed by atoms with van der Waals surface area (Å²) in [6.45, 7) is 11.6. The molecule has 0 saturated carbocycles. The number of aromatic nitrogens is 3. The Balaban J connectivity index is 1.41. The van der Waals surface area contributed by atoms with E-state index < -0.39 is 25.5 Å². The number of nitrogens with zero attached hydrogens (tertiary/aromatic N) is 4. The summed E-state index contributed by atoms with van der Waals surface area (Å²) < 4.78 is 51.0. The number of aliphatic hydroxyl groups is 1. The molecule has 0 amide bonds. The molecule has 3 heterocycles. The number of halogens is 2. The number of nitrogens with one attached hydrogen (secondary N) is 2. The number of nitriles is 1. The quantitative estimate of drug-likeness (QED) is 0.0514. The van der Waals surface area contributed by atoms with Crippen LogP contribution in [0.5, 0.6) is 17.2 Å². The van der Waals surface area contributed by atoms with Gasteiger partial charge in [-0.1, -0.05) is 25.7 Å². The molecule has 0 unspecified atom stereocenters. The van der Waals surface area contributed by atoms with Gasteiger partial charge in [-0.25, -0.2) is 13.8 Å². The molecule has 53 heavy (non-hydrogen) atoms. The van der Waals surface area contributed by atoms with E-state index in [-0.39, 0.29) is 41.9 Å². The van der Waals surface area contributed by atoms with Crippen LogP contribution in [0.2, 0.25) is 25.7 Å². The second-order valence-electron chi connectivity index (χ2n) is 14.2. The molecule has 0 aliphatic rings. The van der Waals surface area contributed by atoms with E-state index in [0.29, 0.717) is 53.0 Å². The average molecular weight is 759 g/mol. The Labute approximate surface area is 314 Å². The zero-order valence-corrected chi connectivity index (χ0v) is 32.3. The Morgan fingerprint density at radius 2 is 1.77 bits per heavy atom. The lowest BCUT2D eigenvalue weighted by atomic mass is 10.0. The zero-order valence-electron chi connectivity index (χ0n) is 30.5. The number of rotatable bonds is 16. The van der Waals surface area contributed by atoms with Gasteiger partial charge in [0, 0.05) is 81.9 Å². The van der Waals surface area contributed by atoms with Crippen molar-refractivity contribution >= 4 is 42.1 Å². The summed E-state index contributed by atoms with van der Waals surface area (Å²) in [4.78, 5) is 8.60. The van der Waals surface area contributed by atoms with Crippen LogP contribution in [-0.2, 0) is 17.9 Å². The molecule has 2 aromatic carbocycles. The minimum Gasteiger partial charge on any atom is -0.490 e. The van der Waals surface area contributed by atoms with Crippen LogP contribution in [0.25, 0.3) is 22.2 Å². The van der Waals surface area contributed by atoms with Crippen LogP contribution in [-0.4, -0.2) is 58.7 Å². The summed E-state index contributed by atoms with van der Waals surface area (Å²) in [5.41, 5.74) is 3.20. The van der Waals surface area contributed by atoms with Crippen molar-refractivity contribution in [3.8, 4) is 34.4 Å². The maximum Gasteiger partial charge on any atom is 0.198 e. The third-order valence-corrected chi connectivity index (χ3v) is 10.2. The lowest BCUT2D eigenvalue weighted by Crippen LogP contribution is -2.34. The van der Waals surface area contributed by atoms with Gasteiger partial charge in [0.1, 0.15) is 29.9 Å². The first-order valence-electron chi connectivity index (χ1n) is 17.3. The molecular weight excluding hydrogens is 715 g/mol. The topological polar surface area (TPSA) is 126 Å². The zero-order chi connectivity index (χ0) is 38.1. The minimum absolute atomic E-state index is 0.0782. The number of hydrogen-bond acceptors (Lipinski definition) is 8. The molecule has 3 aromatic heterocycles. The third kappa shape index (κ3) is 10.6. The summed E-state index contributed by atoms with van der Waals surface area (Å²) in [7, 11) is -1.33. The Morgan fingerprint density at radius 1 is 1.04 bits per heavy atom. The van der Waals surface area contributed by atoms with E-state index >= 15 is 8.78 Å². The standard InChI is InChI=1S/C39H44F2N6O4SSi/c1-25(2)50-34-7-6-28(17-29(34)20-42)31-22-47(24-49-14-15-53(3,4)5)38-36(31)35(10-13-44-38)51-37-32(40)18-30(19-33(37)41)46-39(52)45-21-27(23-48)16-26-8-11-43-12-9-26/h6-13,17-19,22,25,27,48H,14-16,21,23-24H2,1-5H3,(H2,45,46,52)/t27-/m1/s1. The number of benzene rings is 2. The molecule has 0 fully saturated rings. The van der Waals surface area contributed by atoms with Crippen LogP contribution in [0.3, 0.4) is 0 Å². The van der Waals surface area contributed by atoms with E-state index in [9.17, 15) is 10.4 Å². The maximum absolute atomic E-state index is 15.6. The monoisotopic (exact) mass is 758 g/mol. The van der Waals surface area contributed by atoms with Crippen LogP contribution in [0.1, 0.15) is 25.0 Å². The van der Waals surface area contributed by atoms with Gasteiger partial charge in [0.15, 0.2) is 22.5 Å². The molecule has 1 atom stereocenters. The van der Waals surface area contributed by atoms with Gasteiger partial charge in [-0.15, -0.1) is 0 Å². The average Bonchev–Trinajstić information content (AvgIpc) is 3.49. The van der Waals surface area contributed by atoms with Gasteiger partial charge in [-0.3, -0.25) is 4.98 Å². The maximum atomic E-state index is 15.6. The molecule has 0 spiro atoms. The normalized spacial score (nSPS) is 12.1. The fourth-order valence-electron chi connectivity index (χ4n) is 5.58. The number of ether oxygens (including phenoxy) is 3. The molecule has 0 saturated heterocycles. The summed E-state index contributed by atoms with van der Waals surface area (Å²) in [6, 6.07) is 15.9. The van der Waals surface area contributed by atoms with Crippen LogP contribution < -0.4 is 20.1 Å². The highest BCUT2D eigenvalue weighted by molar-refractivity contribution is 7.80. The Kier molecular flexibility index (Phi) is 13.1. The Bertz CT molecular complexity index is 2060. The number of pyridine rings is 2. The summed E-state index contributed by atoms with van der Waals surface area (Å²) in [6.07, 6.45) is 7.18. The largest absolute Gasteiger partial charge is 0.490 e. The Hall–Kier alpha value is -4.94. The number of thiocarbonyl (C=S) groups is 1. The first-order chi connectivity index (χ1) is 25.3. The third-order valence-electron chi connectivity index (χ3n) is 8.27. The van der Waals surface area contributed by atoms with E-state index in [2.05, 4.69) is 46.3 Å². The molecule has 0 aliphatic heterocycles. The van der Waals surface area contributed by atoms with Gasteiger partial charge in [-0.2, -0.15) is 5.26 Å². The van der Waals surface area contributed by atoms with Gasteiger partial charge in [-0.05, 0) is 80.0 Å². The first kappa shape index (κ1) is 39.3. The van der Waals surface area contributed by atoms with Crippen molar-refractivity contribution in [2.24, 2.45) is 5.92 Å². The van der Waals surface area contributed by atoms with E-state index in [0.717, 1.165) is 23.7 Å². The molecule has 5 aromatic rings. The van der Waals surface area contributed by atoms with Gasteiger partial charge < -0.3 is 34.5 Å². The number of anilines is 1. The van der Waals surface area contributed by atoms with Crippen molar-refractivity contribution in [1.82, 2.24) is 19.9 Å². The molecular formula is C39H44F2N6O4SSi. The fourth-order valence-corrected chi connectivity index (χ4v) is 6.53. The van der Waals surface area contributed by atoms with E-state index in [4.69, 9.17) is 26.4 Å². The van der Waals surface area contributed by atoms with Crippen molar-refractivity contribution in [1.29, 1.82) is 5.26 Å². The van der Waals surface area contributed by atoms with E-state index in [1.807, 2.05) is 42.8 Å². The van der Waals surface area contributed by atoms with E-state index in [1.54, 1.807) is 24.5 Å². The lowest BCUT2D eigenvalue weighted by molar-refractivity contribution is 0.0899. The van der Waals surface area contributed by atoms with Crippen LogP contribution in [0, 0.1) is 28.9 Å². The molecule has 3 N–H and O–H groups in total. The van der Waals surface area contributed by atoms with Crippen molar-refractivity contribution in [3.63, 3.8) is 0 Å². The van der Waals surface area contributed by atoms with Gasteiger partial charge in [0.25, 0.3) is 0 Å². The summed E-state index contributed by atoms with van der Waals surface area (Å²) >= 11 is 5.37. The smallest absolute Gasteiger partial charge is 0.198 e.